The number of nitrogens with two attached hydrogens (primary N) is 1. The Morgan fingerprint density at radius 1 is 1.16 bits per heavy atom. The van der Waals surface area contributed by atoms with Gasteiger partial charge in [0.25, 0.3) is 0 Å². The smallest absolute Gasteiger partial charge is 0.339 e. The molecule has 0 aliphatic heterocycles. The molecular weight excluding hydrogens is 330 g/mol. The SMILES string of the molecule is NC1(C(=O)NCc2ccc(-c3cccc(F)c3C(=O)O)cc2F)CC1. The van der Waals surface area contributed by atoms with E-state index >= 15 is 0 Å². The van der Waals surface area contributed by atoms with Crippen LogP contribution in [0.4, 0.5) is 8.78 Å². The number of hydrogen-bond donors (Lipinski definition) is 3. The van der Waals surface area contributed by atoms with E-state index in [1.54, 1.807) is 0 Å². The predicted octanol–water partition coefficient (Wildman–Crippen LogP) is 2.44. The van der Waals surface area contributed by atoms with Crippen LogP contribution in [-0.2, 0) is 11.3 Å². The van der Waals surface area contributed by atoms with Crippen LogP contribution >= 0.6 is 0 Å². The summed E-state index contributed by atoms with van der Waals surface area (Å²) in [4.78, 5) is 23.0. The van der Waals surface area contributed by atoms with Crippen LogP contribution < -0.4 is 11.1 Å². The minimum atomic E-state index is -1.43. The first-order valence-corrected chi connectivity index (χ1v) is 7.69. The van der Waals surface area contributed by atoms with E-state index in [1.165, 1.54) is 24.3 Å². The molecule has 0 radical (unpaired) electrons. The summed E-state index contributed by atoms with van der Waals surface area (Å²) in [6.07, 6.45) is 1.22. The number of carbonyl (C=O) groups excluding carboxylic acids is 1. The number of rotatable bonds is 5. The van der Waals surface area contributed by atoms with Crippen molar-refractivity contribution in [3.8, 4) is 11.1 Å². The van der Waals surface area contributed by atoms with Crippen molar-refractivity contribution in [2.75, 3.05) is 0 Å². The Labute approximate surface area is 142 Å². The topological polar surface area (TPSA) is 92.4 Å². The Morgan fingerprint density at radius 2 is 1.88 bits per heavy atom. The molecule has 7 heteroatoms. The molecule has 1 aliphatic rings. The van der Waals surface area contributed by atoms with Gasteiger partial charge >= 0.3 is 5.97 Å². The summed E-state index contributed by atoms with van der Waals surface area (Å²) in [7, 11) is 0. The number of hydrogen-bond acceptors (Lipinski definition) is 3. The van der Waals surface area contributed by atoms with Gasteiger partial charge in [-0.2, -0.15) is 0 Å². The second kappa shape index (κ2) is 6.25. The zero-order valence-electron chi connectivity index (χ0n) is 13.2. The first-order chi connectivity index (χ1) is 11.8. The van der Waals surface area contributed by atoms with Gasteiger partial charge in [0.1, 0.15) is 17.2 Å². The van der Waals surface area contributed by atoms with Crippen LogP contribution in [0.3, 0.4) is 0 Å². The number of nitrogens with one attached hydrogen (secondary N) is 1. The van der Waals surface area contributed by atoms with Crippen molar-refractivity contribution >= 4 is 11.9 Å². The summed E-state index contributed by atoms with van der Waals surface area (Å²) in [5.74, 6) is -3.27. The molecule has 2 aromatic carbocycles. The fourth-order valence-electron chi connectivity index (χ4n) is 2.55. The lowest BCUT2D eigenvalue weighted by Crippen LogP contribution is -2.42. The molecule has 1 fully saturated rings. The van der Waals surface area contributed by atoms with Gasteiger partial charge in [0.15, 0.2) is 0 Å². The molecule has 5 nitrogen and oxygen atoms in total. The van der Waals surface area contributed by atoms with E-state index in [1.807, 2.05) is 0 Å². The van der Waals surface area contributed by atoms with E-state index in [-0.39, 0.29) is 29.1 Å². The molecule has 2 aromatic rings. The van der Waals surface area contributed by atoms with Crippen molar-refractivity contribution in [3.05, 3.63) is 59.2 Å². The van der Waals surface area contributed by atoms with Crippen molar-refractivity contribution in [2.45, 2.75) is 24.9 Å². The van der Waals surface area contributed by atoms with Crippen LogP contribution in [0.1, 0.15) is 28.8 Å². The second-order valence-electron chi connectivity index (χ2n) is 6.11. The molecule has 0 saturated heterocycles. The highest BCUT2D eigenvalue weighted by atomic mass is 19.1. The molecule has 0 bridgehead atoms. The standard InChI is InChI=1S/C18H16F2N2O3/c19-13-3-1-2-12(15(13)16(23)24)10-4-5-11(14(20)8-10)9-22-17(25)18(21)6-7-18/h1-5,8H,6-7,9,21H2,(H,22,25)(H,23,24). The van der Waals surface area contributed by atoms with Crippen molar-refractivity contribution in [1.82, 2.24) is 5.32 Å². The van der Waals surface area contributed by atoms with Crippen molar-refractivity contribution < 1.29 is 23.5 Å². The van der Waals surface area contributed by atoms with Crippen LogP contribution in [0, 0.1) is 11.6 Å². The highest BCUT2D eigenvalue weighted by Gasteiger charge is 2.45. The molecule has 0 unspecified atom stereocenters. The van der Waals surface area contributed by atoms with Gasteiger partial charge in [-0.15, -0.1) is 0 Å². The number of amides is 1. The summed E-state index contributed by atoms with van der Waals surface area (Å²) in [6.45, 7) is -0.0289. The second-order valence-corrected chi connectivity index (χ2v) is 6.11. The molecule has 130 valence electrons. The number of carboxylic acids is 1. The zero-order chi connectivity index (χ0) is 18.2. The van der Waals surface area contributed by atoms with Crippen LogP contribution in [0.5, 0.6) is 0 Å². The third kappa shape index (κ3) is 3.36. The van der Waals surface area contributed by atoms with Crippen LogP contribution in [0.25, 0.3) is 11.1 Å². The van der Waals surface area contributed by atoms with E-state index in [9.17, 15) is 18.4 Å². The van der Waals surface area contributed by atoms with E-state index in [0.717, 1.165) is 12.1 Å². The molecule has 4 N–H and O–H groups in total. The number of aromatic carboxylic acids is 1. The van der Waals surface area contributed by atoms with Crippen LogP contribution in [0.15, 0.2) is 36.4 Å². The van der Waals surface area contributed by atoms with Crippen LogP contribution in [-0.4, -0.2) is 22.5 Å². The van der Waals surface area contributed by atoms with Gasteiger partial charge in [0, 0.05) is 12.1 Å². The number of carboxylic acid groups (broad SMARTS) is 1. The molecule has 1 aliphatic carbocycles. The van der Waals surface area contributed by atoms with Crippen molar-refractivity contribution in [1.29, 1.82) is 0 Å². The molecule has 25 heavy (non-hydrogen) atoms. The molecule has 0 heterocycles. The Hall–Kier alpha value is -2.80. The van der Waals surface area contributed by atoms with E-state index in [2.05, 4.69) is 5.32 Å². The lowest BCUT2D eigenvalue weighted by atomic mass is 9.98. The average molecular weight is 346 g/mol. The van der Waals surface area contributed by atoms with E-state index in [4.69, 9.17) is 10.8 Å². The number of benzene rings is 2. The van der Waals surface area contributed by atoms with Crippen LogP contribution in [0.2, 0.25) is 0 Å². The zero-order valence-corrected chi connectivity index (χ0v) is 13.2. The quantitative estimate of drug-likeness (QED) is 0.775. The van der Waals surface area contributed by atoms with Gasteiger partial charge in [-0.1, -0.05) is 24.3 Å². The summed E-state index contributed by atoms with van der Waals surface area (Å²) in [6, 6.07) is 7.85. The lowest BCUT2D eigenvalue weighted by Gasteiger charge is -2.12. The minimum Gasteiger partial charge on any atom is -0.478 e. The first-order valence-electron chi connectivity index (χ1n) is 7.69. The predicted molar refractivity (Wildman–Crippen MR) is 86.8 cm³/mol. The summed E-state index contributed by atoms with van der Waals surface area (Å²) >= 11 is 0. The summed E-state index contributed by atoms with van der Waals surface area (Å²) in [5, 5.41) is 11.7. The molecule has 0 atom stereocenters. The molecule has 1 saturated carbocycles. The highest BCUT2D eigenvalue weighted by Crippen LogP contribution is 2.32. The molecule has 0 aromatic heterocycles. The molecule has 0 spiro atoms. The monoisotopic (exact) mass is 346 g/mol. The van der Waals surface area contributed by atoms with Gasteiger partial charge < -0.3 is 16.2 Å². The van der Waals surface area contributed by atoms with E-state index in [0.29, 0.717) is 12.8 Å². The van der Waals surface area contributed by atoms with Crippen molar-refractivity contribution in [3.63, 3.8) is 0 Å². The highest BCUT2D eigenvalue weighted by molar-refractivity contribution is 5.96. The summed E-state index contributed by atoms with van der Waals surface area (Å²) < 4.78 is 28.1. The molecule has 3 rings (SSSR count). The minimum absolute atomic E-state index is 0.0289. The maximum Gasteiger partial charge on any atom is 0.339 e. The Bertz CT molecular complexity index is 863. The first kappa shape index (κ1) is 17.0. The van der Waals surface area contributed by atoms with Gasteiger partial charge in [0.05, 0.1) is 5.54 Å². The molecule has 1 amide bonds. The maximum absolute atomic E-state index is 14.3. The normalized spacial score (nSPS) is 14.8. The maximum atomic E-state index is 14.3. The lowest BCUT2D eigenvalue weighted by molar-refractivity contribution is -0.123. The largest absolute Gasteiger partial charge is 0.478 e. The Kier molecular flexibility index (Phi) is 4.26. The Morgan fingerprint density at radius 3 is 2.48 bits per heavy atom. The van der Waals surface area contributed by atoms with Gasteiger partial charge in [-0.3, -0.25) is 4.79 Å². The van der Waals surface area contributed by atoms with E-state index < -0.39 is 28.7 Å². The summed E-state index contributed by atoms with van der Waals surface area (Å²) in [5.41, 5.74) is 4.96. The average Bonchev–Trinajstić information content (AvgIpc) is 3.31. The Balaban J connectivity index is 1.84. The fraction of sp³-hybridized carbons (Fsp3) is 0.222. The van der Waals surface area contributed by atoms with Gasteiger partial charge in [0.2, 0.25) is 5.91 Å². The van der Waals surface area contributed by atoms with Crippen molar-refractivity contribution in [2.24, 2.45) is 5.73 Å². The number of halogens is 2. The molecular formula is C18H16F2N2O3. The van der Waals surface area contributed by atoms with Gasteiger partial charge in [-0.05, 0) is 36.1 Å². The van der Waals surface area contributed by atoms with Gasteiger partial charge in [-0.25, -0.2) is 13.6 Å². The third-order valence-corrected chi connectivity index (χ3v) is 4.27. The third-order valence-electron chi connectivity index (χ3n) is 4.27. The fourth-order valence-corrected chi connectivity index (χ4v) is 2.55. The number of carbonyl (C=O) groups is 2.